The summed E-state index contributed by atoms with van der Waals surface area (Å²) in [4.78, 5) is 2.34. The first kappa shape index (κ1) is 13.6. The van der Waals surface area contributed by atoms with E-state index in [9.17, 15) is 0 Å². The van der Waals surface area contributed by atoms with Gasteiger partial charge in [-0.15, -0.1) is 16.4 Å². The predicted octanol–water partition coefficient (Wildman–Crippen LogP) is 2.76. The molecule has 0 aliphatic rings. The predicted molar refractivity (Wildman–Crippen MR) is 76.8 cm³/mol. The van der Waals surface area contributed by atoms with Crippen molar-refractivity contribution in [3.05, 3.63) is 32.5 Å². The fraction of sp³-hybridized carbons (Fsp3) is 0.500. The normalized spacial score (nSPS) is 13.8. The molecule has 0 aromatic carbocycles. The van der Waals surface area contributed by atoms with Crippen molar-refractivity contribution in [2.45, 2.75) is 39.2 Å². The van der Waals surface area contributed by atoms with Crippen molar-refractivity contribution in [2.75, 3.05) is 0 Å². The van der Waals surface area contributed by atoms with Crippen molar-refractivity contribution in [3.8, 4) is 0 Å². The maximum Gasteiger partial charge on any atom is 0.0932 e. The Morgan fingerprint density at radius 2 is 2.06 bits per heavy atom. The third-order valence-electron chi connectivity index (χ3n) is 2.82. The summed E-state index contributed by atoms with van der Waals surface area (Å²) in [6, 6.07) is 2.09. The molecule has 0 saturated carbocycles. The third-order valence-corrected chi connectivity index (χ3v) is 4.69. The summed E-state index contributed by atoms with van der Waals surface area (Å²) in [7, 11) is 0. The van der Waals surface area contributed by atoms with E-state index in [2.05, 4.69) is 54.2 Å². The average Bonchev–Trinajstić information content (AvgIpc) is 2.89. The first-order valence-electron chi connectivity index (χ1n) is 5.78. The number of nitrogens with one attached hydrogen (secondary N) is 1. The molecular formula is C12H18N4S2. The van der Waals surface area contributed by atoms with Gasteiger partial charge in [-0.2, -0.15) is 0 Å². The minimum absolute atomic E-state index is 0.0146. The Bertz CT molecular complexity index is 524. The first-order valence-corrected chi connectivity index (χ1v) is 7.43. The van der Waals surface area contributed by atoms with E-state index in [1.165, 1.54) is 22.0 Å². The Morgan fingerprint density at radius 3 is 2.56 bits per heavy atom. The van der Waals surface area contributed by atoms with Crippen LogP contribution in [0.5, 0.6) is 0 Å². The Balaban J connectivity index is 2.47. The summed E-state index contributed by atoms with van der Waals surface area (Å²) in [6.07, 6.45) is 0. The van der Waals surface area contributed by atoms with Crippen LogP contribution in [0.25, 0.3) is 0 Å². The Hall–Kier alpha value is -0.820. The number of nitrogens with two attached hydrogens (primary N) is 1. The number of nitrogens with zero attached hydrogens (tertiary/aromatic N) is 2. The van der Waals surface area contributed by atoms with Gasteiger partial charge in [-0.25, -0.2) is 5.43 Å². The highest BCUT2D eigenvalue weighted by atomic mass is 32.1. The summed E-state index contributed by atoms with van der Waals surface area (Å²) in [5, 5.41) is 6.36. The van der Waals surface area contributed by atoms with Crippen LogP contribution in [0.2, 0.25) is 0 Å². The van der Waals surface area contributed by atoms with Crippen molar-refractivity contribution < 1.29 is 0 Å². The van der Waals surface area contributed by atoms with E-state index in [4.69, 9.17) is 5.84 Å². The molecular weight excluding hydrogens is 264 g/mol. The zero-order chi connectivity index (χ0) is 13.3. The molecule has 4 nitrogen and oxygen atoms in total. The van der Waals surface area contributed by atoms with Gasteiger partial charge in [0.15, 0.2) is 0 Å². The highest BCUT2D eigenvalue weighted by molar-refractivity contribution is 7.10. The molecule has 0 fully saturated rings. The maximum absolute atomic E-state index is 5.74. The van der Waals surface area contributed by atoms with E-state index >= 15 is 0 Å². The molecule has 0 bridgehead atoms. The number of hydrogen-bond donors (Lipinski definition) is 2. The van der Waals surface area contributed by atoms with Crippen LogP contribution in [0.3, 0.4) is 0 Å². The molecule has 1 atom stereocenters. The zero-order valence-electron chi connectivity index (χ0n) is 11.0. The van der Waals surface area contributed by atoms with Gasteiger partial charge in [-0.05, 0) is 35.5 Å². The molecule has 98 valence electrons. The summed E-state index contributed by atoms with van der Waals surface area (Å²) in [5.74, 6) is 5.74. The first-order chi connectivity index (χ1) is 8.45. The summed E-state index contributed by atoms with van der Waals surface area (Å²) < 4.78 is 4.10. The van der Waals surface area contributed by atoms with Gasteiger partial charge in [0.25, 0.3) is 0 Å². The third kappa shape index (κ3) is 2.47. The molecule has 2 rings (SSSR count). The minimum Gasteiger partial charge on any atom is -0.271 e. The van der Waals surface area contributed by atoms with Crippen LogP contribution in [-0.4, -0.2) is 9.59 Å². The van der Waals surface area contributed by atoms with Gasteiger partial charge < -0.3 is 0 Å². The monoisotopic (exact) mass is 282 g/mol. The molecule has 3 N–H and O–H groups in total. The second-order valence-electron chi connectivity index (χ2n) is 5.30. The largest absolute Gasteiger partial charge is 0.271 e. The van der Waals surface area contributed by atoms with Crippen LogP contribution in [0.4, 0.5) is 0 Å². The minimum atomic E-state index is -0.0252. The molecule has 1 unspecified atom stereocenters. The average molecular weight is 282 g/mol. The smallest absolute Gasteiger partial charge is 0.0932 e. The molecule has 6 heteroatoms. The highest BCUT2D eigenvalue weighted by Crippen LogP contribution is 2.36. The second-order valence-corrected chi connectivity index (χ2v) is 7.04. The Morgan fingerprint density at radius 1 is 1.33 bits per heavy atom. The van der Waals surface area contributed by atoms with E-state index in [-0.39, 0.29) is 11.5 Å². The lowest BCUT2D eigenvalue weighted by Crippen LogP contribution is -2.30. The van der Waals surface area contributed by atoms with E-state index in [1.54, 1.807) is 11.3 Å². The van der Waals surface area contributed by atoms with Crippen molar-refractivity contribution in [1.82, 2.24) is 15.0 Å². The van der Waals surface area contributed by atoms with Crippen LogP contribution in [0.1, 0.15) is 47.8 Å². The molecule has 0 aliphatic carbocycles. The van der Waals surface area contributed by atoms with Crippen molar-refractivity contribution in [1.29, 1.82) is 0 Å². The summed E-state index contributed by atoms with van der Waals surface area (Å²) in [5.41, 5.74) is 5.14. The number of hydrogen-bond acceptors (Lipinski definition) is 6. The number of hydrazine groups is 1. The summed E-state index contributed by atoms with van der Waals surface area (Å²) >= 11 is 3.13. The number of rotatable bonds is 3. The maximum atomic E-state index is 5.74. The molecule has 0 amide bonds. The van der Waals surface area contributed by atoms with Crippen molar-refractivity contribution in [3.63, 3.8) is 0 Å². The van der Waals surface area contributed by atoms with E-state index < -0.39 is 0 Å². The Kier molecular flexibility index (Phi) is 3.82. The van der Waals surface area contributed by atoms with Crippen molar-refractivity contribution in [2.24, 2.45) is 5.84 Å². The molecule has 0 saturated heterocycles. The fourth-order valence-electron chi connectivity index (χ4n) is 1.86. The van der Waals surface area contributed by atoms with Gasteiger partial charge in [0.05, 0.1) is 16.6 Å². The van der Waals surface area contributed by atoms with Gasteiger partial charge >= 0.3 is 0 Å². The zero-order valence-corrected chi connectivity index (χ0v) is 12.7. The van der Waals surface area contributed by atoms with Crippen LogP contribution in [0, 0.1) is 6.92 Å². The molecule has 18 heavy (non-hydrogen) atoms. The van der Waals surface area contributed by atoms with Crippen LogP contribution in [-0.2, 0) is 5.41 Å². The lowest BCUT2D eigenvalue weighted by atomic mass is 9.89. The van der Waals surface area contributed by atoms with Crippen LogP contribution < -0.4 is 11.3 Å². The van der Waals surface area contributed by atoms with Gasteiger partial charge in [0.2, 0.25) is 0 Å². The van der Waals surface area contributed by atoms with Crippen LogP contribution in [0.15, 0.2) is 11.4 Å². The quantitative estimate of drug-likeness (QED) is 0.671. The lowest BCUT2D eigenvalue weighted by molar-refractivity contribution is 0.545. The van der Waals surface area contributed by atoms with E-state index in [0.717, 1.165) is 10.6 Å². The Labute approximate surface area is 115 Å². The standard InChI is InChI=1S/C12H18N4S2/c1-7-5-6-17-9(7)8(14-13)10-11(12(2,3)4)15-16-18-10/h5-6,8,14H,13H2,1-4H3. The van der Waals surface area contributed by atoms with Gasteiger partial charge in [0, 0.05) is 10.3 Å². The molecule has 2 heterocycles. The molecule has 0 aliphatic heterocycles. The molecule has 2 aromatic heterocycles. The van der Waals surface area contributed by atoms with Crippen LogP contribution >= 0.6 is 22.9 Å². The lowest BCUT2D eigenvalue weighted by Gasteiger charge is -2.21. The second kappa shape index (κ2) is 5.05. The molecule has 2 aromatic rings. The molecule has 0 spiro atoms. The van der Waals surface area contributed by atoms with E-state index in [0.29, 0.717) is 0 Å². The number of aromatic nitrogens is 2. The summed E-state index contributed by atoms with van der Waals surface area (Å²) in [6.45, 7) is 8.52. The van der Waals surface area contributed by atoms with Crippen molar-refractivity contribution >= 4 is 22.9 Å². The SMILES string of the molecule is Cc1ccsc1C(NN)c1snnc1C(C)(C)C. The topological polar surface area (TPSA) is 63.8 Å². The molecule has 0 radical (unpaired) electrons. The van der Waals surface area contributed by atoms with E-state index in [1.807, 2.05) is 0 Å². The fourth-order valence-corrected chi connectivity index (χ4v) is 3.86. The van der Waals surface area contributed by atoms with Gasteiger partial charge in [0.1, 0.15) is 0 Å². The van der Waals surface area contributed by atoms with Gasteiger partial charge in [-0.1, -0.05) is 25.3 Å². The number of thiophene rings is 1. The number of aryl methyl sites for hydroxylation is 1. The van der Waals surface area contributed by atoms with Gasteiger partial charge in [-0.3, -0.25) is 5.84 Å². The highest BCUT2D eigenvalue weighted by Gasteiger charge is 2.28.